The summed E-state index contributed by atoms with van der Waals surface area (Å²) in [5.74, 6) is 1.65. The molecule has 0 spiro atoms. The maximum Gasteiger partial charge on any atom is 0.138 e. The molecule has 0 amide bonds. The van der Waals surface area contributed by atoms with E-state index < -0.39 is 0 Å². The number of methoxy groups -OCH3 is 1. The van der Waals surface area contributed by atoms with Gasteiger partial charge in [-0.25, -0.2) is 4.98 Å². The molecule has 0 aliphatic carbocycles. The second-order valence-electron chi connectivity index (χ2n) is 4.43. The first-order valence-corrected chi connectivity index (χ1v) is 6.35. The molecular weight excluding hydrogens is 260 g/mol. The number of fused-ring (bicyclic) bond motifs is 1. The number of benzene rings is 2. The Balaban J connectivity index is 2.11. The van der Waals surface area contributed by atoms with E-state index in [9.17, 15) is 0 Å². The molecule has 96 valence electrons. The number of aromatic amines is 1. The van der Waals surface area contributed by atoms with Crippen LogP contribution in [0.2, 0.25) is 5.02 Å². The van der Waals surface area contributed by atoms with Gasteiger partial charge in [0.1, 0.15) is 11.6 Å². The number of rotatable bonds is 2. The van der Waals surface area contributed by atoms with E-state index in [-0.39, 0.29) is 0 Å². The minimum absolute atomic E-state index is 0.765. The van der Waals surface area contributed by atoms with E-state index in [1.54, 1.807) is 7.11 Å². The van der Waals surface area contributed by atoms with Crippen molar-refractivity contribution < 1.29 is 4.74 Å². The highest BCUT2D eigenvalue weighted by molar-refractivity contribution is 6.31. The minimum Gasteiger partial charge on any atom is -0.497 e. The monoisotopic (exact) mass is 272 g/mol. The standard InChI is InChI=1S/C15H13ClN2O/c1-9-7-10(3-5-12(9)16)15-17-13-6-4-11(19-2)8-14(13)18-15/h3-8H,1-2H3,(H,17,18). The molecule has 19 heavy (non-hydrogen) atoms. The summed E-state index contributed by atoms with van der Waals surface area (Å²) in [6.45, 7) is 1.98. The summed E-state index contributed by atoms with van der Waals surface area (Å²) in [6, 6.07) is 11.7. The second kappa shape index (κ2) is 4.59. The van der Waals surface area contributed by atoms with Crippen LogP contribution in [0.3, 0.4) is 0 Å². The molecule has 0 saturated heterocycles. The van der Waals surface area contributed by atoms with Crippen molar-refractivity contribution in [3.63, 3.8) is 0 Å². The van der Waals surface area contributed by atoms with Gasteiger partial charge in [0.25, 0.3) is 0 Å². The van der Waals surface area contributed by atoms with Gasteiger partial charge in [-0.2, -0.15) is 0 Å². The van der Waals surface area contributed by atoms with Crippen molar-refractivity contribution in [2.75, 3.05) is 7.11 Å². The van der Waals surface area contributed by atoms with Crippen LogP contribution >= 0.6 is 11.6 Å². The van der Waals surface area contributed by atoms with Crippen LogP contribution < -0.4 is 4.74 Å². The van der Waals surface area contributed by atoms with E-state index >= 15 is 0 Å². The molecule has 0 aliphatic heterocycles. The smallest absolute Gasteiger partial charge is 0.138 e. The van der Waals surface area contributed by atoms with E-state index in [1.807, 2.05) is 43.3 Å². The van der Waals surface area contributed by atoms with Crippen LogP contribution in [0.5, 0.6) is 5.75 Å². The zero-order chi connectivity index (χ0) is 13.4. The van der Waals surface area contributed by atoms with Crippen molar-refractivity contribution in [2.45, 2.75) is 6.92 Å². The Morgan fingerprint density at radius 1 is 1.16 bits per heavy atom. The lowest BCUT2D eigenvalue weighted by molar-refractivity contribution is 0.415. The number of hydrogen-bond donors (Lipinski definition) is 1. The third-order valence-corrected chi connectivity index (χ3v) is 3.54. The molecular formula is C15H13ClN2O. The third-order valence-electron chi connectivity index (χ3n) is 3.12. The van der Waals surface area contributed by atoms with Crippen LogP contribution in [0.15, 0.2) is 36.4 Å². The highest BCUT2D eigenvalue weighted by Crippen LogP contribution is 2.26. The van der Waals surface area contributed by atoms with Gasteiger partial charge in [-0.15, -0.1) is 0 Å². The number of nitrogens with one attached hydrogen (secondary N) is 1. The van der Waals surface area contributed by atoms with Gasteiger partial charge in [-0.05, 0) is 42.8 Å². The lowest BCUT2D eigenvalue weighted by Crippen LogP contribution is -1.82. The van der Waals surface area contributed by atoms with Gasteiger partial charge in [0.15, 0.2) is 0 Å². The number of halogens is 1. The summed E-state index contributed by atoms with van der Waals surface area (Å²) >= 11 is 6.04. The van der Waals surface area contributed by atoms with Gasteiger partial charge in [0.05, 0.1) is 18.1 Å². The van der Waals surface area contributed by atoms with Crippen molar-refractivity contribution in [1.82, 2.24) is 9.97 Å². The van der Waals surface area contributed by atoms with Gasteiger partial charge < -0.3 is 9.72 Å². The molecule has 4 heteroatoms. The third kappa shape index (κ3) is 2.17. The van der Waals surface area contributed by atoms with Gasteiger partial charge in [0.2, 0.25) is 0 Å². The lowest BCUT2D eigenvalue weighted by atomic mass is 10.1. The molecule has 0 atom stereocenters. The van der Waals surface area contributed by atoms with Crippen molar-refractivity contribution in [3.05, 3.63) is 47.0 Å². The van der Waals surface area contributed by atoms with Crippen LogP contribution in [-0.2, 0) is 0 Å². The van der Waals surface area contributed by atoms with E-state index in [1.165, 1.54) is 0 Å². The summed E-state index contributed by atoms with van der Waals surface area (Å²) in [6.07, 6.45) is 0. The first kappa shape index (κ1) is 12.1. The second-order valence-corrected chi connectivity index (χ2v) is 4.84. The molecule has 0 saturated carbocycles. The molecule has 1 aromatic heterocycles. The average Bonchev–Trinajstić information content (AvgIpc) is 2.84. The van der Waals surface area contributed by atoms with Gasteiger partial charge >= 0.3 is 0 Å². The van der Waals surface area contributed by atoms with E-state index in [0.717, 1.165) is 38.8 Å². The minimum atomic E-state index is 0.765. The number of aromatic nitrogens is 2. The molecule has 0 unspecified atom stereocenters. The maximum absolute atomic E-state index is 6.04. The summed E-state index contributed by atoms with van der Waals surface area (Å²) in [5.41, 5.74) is 3.94. The highest BCUT2D eigenvalue weighted by atomic mass is 35.5. The summed E-state index contributed by atoms with van der Waals surface area (Å²) in [4.78, 5) is 7.87. The fourth-order valence-electron chi connectivity index (χ4n) is 2.04. The quantitative estimate of drug-likeness (QED) is 0.759. The summed E-state index contributed by atoms with van der Waals surface area (Å²) in [5, 5.41) is 0.765. The Kier molecular flexibility index (Phi) is 2.91. The average molecular weight is 273 g/mol. The summed E-state index contributed by atoms with van der Waals surface area (Å²) in [7, 11) is 1.65. The molecule has 3 rings (SSSR count). The highest BCUT2D eigenvalue weighted by Gasteiger charge is 2.07. The molecule has 3 nitrogen and oxygen atoms in total. The molecule has 0 aliphatic rings. The normalized spacial score (nSPS) is 10.9. The molecule has 0 bridgehead atoms. The Labute approximate surface area is 116 Å². The van der Waals surface area contributed by atoms with Crippen molar-refractivity contribution in [2.24, 2.45) is 0 Å². The largest absolute Gasteiger partial charge is 0.497 e. The van der Waals surface area contributed by atoms with E-state index in [4.69, 9.17) is 16.3 Å². The van der Waals surface area contributed by atoms with Crippen LogP contribution in [0.25, 0.3) is 22.4 Å². The van der Waals surface area contributed by atoms with Gasteiger partial charge in [-0.1, -0.05) is 11.6 Å². The number of H-pyrrole nitrogens is 1. The van der Waals surface area contributed by atoms with Gasteiger partial charge in [-0.3, -0.25) is 0 Å². The molecule has 0 fully saturated rings. The molecule has 2 aromatic carbocycles. The first-order valence-electron chi connectivity index (χ1n) is 5.97. The number of hydrogen-bond acceptors (Lipinski definition) is 2. The fraction of sp³-hybridized carbons (Fsp3) is 0.133. The number of nitrogens with zero attached hydrogens (tertiary/aromatic N) is 1. The molecule has 1 heterocycles. The Morgan fingerprint density at radius 2 is 2.00 bits per heavy atom. The maximum atomic E-state index is 6.04. The van der Waals surface area contributed by atoms with Crippen LogP contribution in [0.1, 0.15) is 5.56 Å². The lowest BCUT2D eigenvalue weighted by Gasteiger charge is -2.00. The Bertz CT molecular complexity index is 749. The first-order chi connectivity index (χ1) is 9.17. The van der Waals surface area contributed by atoms with Crippen molar-refractivity contribution >= 4 is 22.6 Å². The number of imidazole rings is 1. The van der Waals surface area contributed by atoms with Crippen molar-refractivity contribution in [3.8, 4) is 17.1 Å². The van der Waals surface area contributed by atoms with Crippen LogP contribution in [0.4, 0.5) is 0 Å². The zero-order valence-corrected chi connectivity index (χ0v) is 11.5. The topological polar surface area (TPSA) is 37.9 Å². The van der Waals surface area contributed by atoms with E-state index in [2.05, 4.69) is 9.97 Å². The molecule has 1 N–H and O–H groups in total. The van der Waals surface area contributed by atoms with Crippen molar-refractivity contribution in [1.29, 1.82) is 0 Å². The summed E-state index contributed by atoms with van der Waals surface area (Å²) < 4.78 is 5.21. The van der Waals surface area contributed by atoms with E-state index in [0.29, 0.717) is 0 Å². The molecule has 0 radical (unpaired) electrons. The zero-order valence-electron chi connectivity index (χ0n) is 10.7. The fourth-order valence-corrected chi connectivity index (χ4v) is 2.16. The Morgan fingerprint density at radius 3 is 2.74 bits per heavy atom. The number of ether oxygens (including phenoxy) is 1. The predicted molar refractivity (Wildman–Crippen MR) is 77.8 cm³/mol. The number of aryl methyl sites for hydroxylation is 1. The van der Waals surface area contributed by atoms with Crippen LogP contribution in [-0.4, -0.2) is 17.1 Å². The Hall–Kier alpha value is -2.00. The van der Waals surface area contributed by atoms with Crippen LogP contribution in [0, 0.1) is 6.92 Å². The SMILES string of the molecule is COc1ccc2nc(-c3ccc(Cl)c(C)c3)[nH]c2c1. The molecule has 3 aromatic rings. The van der Waals surface area contributed by atoms with Gasteiger partial charge in [0, 0.05) is 16.7 Å². The predicted octanol–water partition coefficient (Wildman–Crippen LogP) is 4.20.